The quantitative estimate of drug-likeness (QED) is 0.179. The summed E-state index contributed by atoms with van der Waals surface area (Å²) in [5.41, 5.74) is 3.17. The molecule has 8 rings (SSSR count). The zero-order chi connectivity index (χ0) is 43.4. The Morgan fingerprint density at radius 3 is 1.66 bits per heavy atom. The maximum atomic E-state index is 13.1. The predicted octanol–water partition coefficient (Wildman–Crippen LogP) is 5.73. The Morgan fingerprint density at radius 1 is 0.689 bits per heavy atom. The first-order valence-corrected chi connectivity index (χ1v) is 19.3. The topological polar surface area (TPSA) is 170 Å². The van der Waals surface area contributed by atoms with Gasteiger partial charge in [-0.15, -0.1) is 13.2 Å². The third-order valence-corrected chi connectivity index (χ3v) is 9.43. The molecule has 0 bridgehead atoms. The number of nitrogens with zero attached hydrogens (tertiary/aromatic N) is 6. The molecule has 2 N–H and O–H groups in total. The van der Waals surface area contributed by atoms with Crippen LogP contribution in [0.5, 0.6) is 23.0 Å². The molecule has 0 spiro atoms. The molecule has 0 radical (unpaired) electrons. The van der Waals surface area contributed by atoms with E-state index in [2.05, 4.69) is 40.6 Å². The van der Waals surface area contributed by atoms with E-state index in [1.165, 1.54) is 0 Å². The Labute approximate surface area is 356 Å². The number of fused-ring (bicyclic) bond motifs is 2. The van der Waals surface area contributed by atoms with E-state index in [0.29, 0.717) is 73.7 Å². The second kappa shape index (κ2) is 20.6. The van der Waals surface area contributed by atoms with Crippen molar-refractivity contribution in [1.29, 1.82) is 0 Å². The van der Waals surface area contributed by atoms with Crippen molar-refractivity contribution in [3.05, 3.63) is 149 Å². The molecule has 4 heterocycles. The number of amides is 2. The van der Waals surface area contributed by atoms with Gasteiger partial charge in [-0.05, 0) is 83.3 Å². The number of halogens is 4. The third-order valence-electron chi connectivity index (χ3n) is 8.93. The Morgan fingerprint density at radius 2 is 1.16 bits per heavy atom. The fourth-order valence-corrected chi connectivity index (χ4v) is 6.33. The molecule has 14 nitrogen and oxygen atoms in total. The van der Waals surface area contributed by atoms with Gasteiger partial charge in [-0.25, -0.2) is 19.9 Å². The van der Waals surface area contributed by atoms with Gasteiger partial charge in [0.05, 0.1) is 44.4 Å². The van der Waals surface area contributed by atoms with Crippen LogP contribution in [0.2, 0.25) is 0 Å². The zero-order valence-corrected chi connectivity index (χ0v) is 34.0. The molecule has 2 amide bonds. The second-order valence-corrected chi connectivity index (χ2v) is 14.0. The first-order chi connectivity index (χ1) is 29.4. The van der Waals surface area contributed by atoms with Crippen molar-refractivity contribution in [3.8, 4) is 34.1 Å². The van der Waals surface area contributed by atoms with Crippen LogP contribution in [-0.2, 0) is 13.1 Å². The summed E-state index contributed by atoms with van der Waals surface area (Å²) in [4.78, 5) is 45.8. The van der Waals surface area contributed by atoms with Crippen LogP contribution in [0.1, 0.15) is 32.4 Å². The number of carbonyl (C=O) groups is 2. The number of hydrogen-bond acceptors (Lipinski definition) is 12. The van der Waals surface area contributed by atoms with Gasteiger partial charge >= 0.3 is 13.5 Å². The molecule has 0 atom stereocenters. The van der Waals surface area contributed by atoms with Crippen LogP contribution in [0.3, 0.4) is 0 Å². The molecule has 0 saturated heterocycles. The van der Waals surface area contributed by atoms with Gasteiger partial charge in [-0.2, -0.15) is 0 Å². The summed E-state index contributed by atoms with van der Waals surface area (Å²) in [7, 11) is -0.0618. The number of methoxy groups -OCH3 is 1. The van der Waals surface area contributed by atoms with Crippen LogP contribution in [0, 0.1) is 0 Å². The SMILES string of the molecule is COc1ccc(-c2ccc3c(c2)C(=O)N(Cc2ncccn2)CCO3)cc1.O=C1c2cc(Br)ccc2OCCN1Cc1ncccn1.OB(O)c1ccc(OC(F)(F)F)cc1. The lowest BCUT2D eigenvalue weighted by molar-refractivity contribution is -0.274. The number of ether oxygens (including phenoxy) is 4. The Bertz CT molecular complexity index is 2390. The van der Waals surface area contributed by atoms with E-state index in [4.69, 9.17) is 24.3 Å². The second-order valence-electron chi connectivity index (χ2n) is 13.1. The maximum Gasteiger partial charge on any atom is 0.573 e. The van der Waals surface area contributed by atoms with Crippen LogP contribution in [0.15, 0.2) is 126 Å². The summed E-state index contributed by atoms with van der Waals surface area (Å²) in [6.45, 7) is 2.65. The van der Waals surface area contributed by atoms with Gasteiger partial charge in [-0.3, -0.25) is 9.59 Å². The molecule has 4 aromatic carbocycles. The lowest BCUT2D eigenvalue weighted by Gasteiger charge is -2.19. The predicted molar refractivity (Wildman–Crippen MR) is 220 cm³/mol. The van der Waals surface area contributed by atoms with Crippen LogP contribution in [0.25, 0.3) is 11.1 Å². The molecule has 0 aliphatic carbocycles. The fraction of sp³-hybridized carbons (Fsp3) is 0.190. The van der Waals surface area contributed by atoms with Crippen molar-refractivity contribution in [2.75, 3.05) is 33.4 Å². The molecule has 314 valence electrons. The van der Waals surface area contributed by atoms with Gasteiger partial charge in [0.25, 0.3) is 11.8 Å². The number of rotatable bonds is 8. The van der Waals surface area contributed by atoms with Crippen molar-refractivity contribution >= 4 is 40.3 Å². The smallest absolute Gasteiger partial charge is 0.497 e. The van der Waals surface area contributed by atoms with Gasteiger partial charge in [-0.1, -0.05) is 46.3 Å². The van der Waals surface area contributed by atoms with E-state index in [1.54, 1.807) is 66.0 Å². The summed E-state index contributed by atoms with van der Waals surface area (Å²) in [5, 5.41) is 17.3. The van der Waals surface area contributed by atoms with E-state index in [-0.39, 0.29) is 17.3 Å². The van der Waals surface area contributed by atoms with Crippen molar-refractivity contribution in [3.63, 3.8) is 0 Å². The minimum Gasteiger partial charge on any atom is -0.497 e. The van der Waals surface area contributed by atoms with Crippen LogP contribution in [-0.4, -0.2) is 98.5 Å². The van der Waals surface area contributed by atoms with Gasteiger partial charge in [0, 0.05) is 29.3 Å². The Kier molecular flexibility index (Phi) is 14.9. The normalized spacial score (nSPS) is 13.3. The molecule has 0 saturated carbocycles. The first kappa shape index (κ1) is 44.0. The fourth-order valence-electron chi connectivity index (χ4n) is 5.96. The number of benzene rings is 4. The molecular weight excluding hydrogens is 864 g/mol. The van der Waals surface area contributed by atoms with E-state index < -0.39 is 19.2 Å². The number of carbonyl (C=O) groups excluding carboxylic acids is 2. The summed E-state index contributed by atoms with van der Waals surface area (Å²) in [6.07, 6.45) is 1.96. The van der Waals surface area contributed by atoms with E-state index in [1.807, 2.05) is 48.5 Å². The monoisotopic (exact) mass is 900 g/mol. The van der Waals surface area contributed by atoms with Crippen molar-refractivity contribution in [2.24, 2.45) is 0 Å². The van der Waals surface area contributed by atoms with Gasteiger partial charge in [0.15, 0.2) is 0 Å². The number of aromatic nitrogens is 4. The largest absolute Gasteiger partial charge is 0.573 e. The standard InChI is InChI=1S/C21H19N3O3.C14H12BrN3O2.C7H6BF3O3/c1-26-17-6-3-15(4-7-17)16-5-8-19-18(13-16)21(25)24(11-12-27-19)14-20-22-9-2-10-23-20;15-10-2-3-12-11(8-10)14(19)18(6-7-20-12)9-13-16-4-1-5-17-13;9-7(10,11)14-6-3-1-5(2-4-6)8(12)13/h2-10,13H,11-12,14H2,1H3;1-5,8H,6-7,9H2;1-4,12-13H. The van der Waals surface area contributed by atoms with Gasteiger partial charge in [0.2, 0.25) is 0 Å². The van der Waals surface area contributed by atoms with Gasteiger partial charge < -0.3 is 38.8 Å². The van der Waals surface area contributed by atoms with E-state index in [9.17, 15) is 22.8 Å². The molecule has 2 aliphatic rings. The molecule has 19 heteroatoms. The minimum atomic E-state index is -4.74. The average molecular weight is 902 g/mol. The Hall–Kier alpha value is -6.57. The molecule has 0 unspecified atom stereocenters. The van der Waals surface area contributed by atoms with Crippen molar-refractivity contribution in [1.82, 2.24) is 29.7 Å². The van der Waals surface area contributed by atoms with Crippen LogP contribution >= 0.6 is 15.9 Å². The summed E-state index contributed by atoms with van der Waals surface area (Å²) < 4.78 is 56.1. The highest BCUT2D eigenvalue weighted by Gasteiger charge is 2.31. The molecule has 61 heavy (non-hydrogen) atoms. The Balaban J connectivity index is 0.000000162. The van der Waals surface area contributed by atoms with E-state index >= 15 is 0 Å². The highest BCUT2D eigenvalue weighted by atomic mass is 79.9. The lowest BCUT2D eigenvalue weighted by atomic mass is 9.80. The summed E-state index contributed by atoms with van der Waals surface area (Å²) >= 11 is 3.38. The molecule has 6 aromatic rings. The molecule has 0 fully saturated rings. The van der Waals surface area contributed by atoms with Crippen LogP contribution in [0.4, 0.5) is 13.2 Å². The molecule has 2 aliphatic heterocycles. The summed E-state index contributed by atoms with van der Waals surface area (Å²) in [6, 6.07) is 26.7. The zero-order valence-electron chi connectivity index (χ0n) is 32.4. The van der Waals surface area contributed by atoms with Gasteiger partial charge in [0.1, 0.15) is 47.9 Å². The molecular formula is C42H37BBrF3N6O8. The van der Waals surface area contributed by atoms with Crippen molar-refractivity contribution < 1.29 is 51.8 Å². The van der Waals surface area contributed by atoms with E-state index in [0.717, 1.165) is 45.6 Å². The highest BCUT2D eigenvalue weighted by Crippen LogP contribution is 2.31. The first-order valence-electron chi connectivity index (χ1n) is 18.5. The lowest BCUT2D eigenvalue weighted by Crippen LogP contribution is -2.32. The highest BCUT2D eigenvalue weighted by molar-refractivity contribution is 9.10. The average Bonchev–Trinajstić information content (AvgIpc) is 3.51. The summed E-state index contributed by atoms with van der Waals surface area (Å²) in [5.74, 6) is 2.71. The maximum absolute atomic E-state index is 13.1. The number of alkyl halides is 3. The van der Waals surface area contributed by atoms with Crippen LogP contribution < -0.4 is 24.4 Å². The number of hydrogen-bond donors (Lipinski definition) is 2. The van der Waals surface area contributed by atoms with Crippen molar-refractivity contribution in [2.45, 2.75) is 19.5 Å². The minimum absolute atomic E-state index is 0.0637. The third kappa shape index (κ3) is 12.5. The molecule has 2 aromatic heterocycles.